The third kappa shape index (κ3) is 2.75. The van der Waals surface area contributed by atoms with Gasteiger partial charge in [0.1, 0.15) is 5.60 Å². The van der Waals surface area contributed by atoms with E-state index in [1.165, 1.54) is 0 Å². The van der Waals surface area contributed by atoms with Crippen molar-refractivity contribution in [2.24, 2.45) is 5.92 Å². The van der Waals surface area contributed by atoms with Crippen LogP contribution in [0.15, 0.2) is 0 Å². The Balaban J connectivity index is 0.00000112. The molecule has 88 valence electrons. The van der Waals surface area contributed by atoms with Gasteiger partial charge in [-0.05, 0) is 20.8 Å². The summed E-state index contributed by atoms with van der Waals surface area (Å²) in [4.78, 5) is 13.5. The average Bonchev–Trinajstić information content (AvgIpc) is 2.24. The number of hydrogen-bond donors (Lipinski definition) is 1. The zero-order chi connectivity index (χ0) is 10.3. The van der Waals surface area contributed by atoms with Gasteiger partial charge in [-0.15, -0.1) is 12.4 Å². The molecule has 0 aliphatic carbocycles. The van der Waals surface area contributed by atoms with E-state index in [1.54, 1.807) is 4.90 Å². The number of hydrogen-bond acceptors (Lipinski definition) is 3. The number of nitrogens with one attached hydrogen (secondary N) is 1. The summed E-state index contributed by atoms with van der Waals surface area (Å²) in [7, 11) is 0. The van der Waals surface area contributed by atoms with Crippen LogP contribution < -0.4 is 5.32 Å². The lowest BCUT2D eigenvalue weighted by Gasteiger charge is -2.29. The van der Waals surface area contributed by atoms with Gasteiger partial charge in [-0.3, -0.25) is 0 Å². The van der Waals surface area contributed by atoms with E-state index in [1.807, 2.05) is 20.8 Å². The van der Waals surface area contributed by atoms with Gasteiger partial charge < -0.3 is 15.0 Å². The standard InChI is InChI=1S/C10H18N2O2.ClH/c1-10(2,3)14-9(13)12-5-7-4-11-8(7)6-12;/h7-8,11H,4-6H2,1-3H3;1H. The highest BCUT2D eigenvalue weighted by Crippen LogP contribution is 2.24. The molecule has 15 heavy (non-hydrogen) atoms. The number of likely N-dealkylation sites (tertiary alicyclic amines) is 1. The topological polar surface area (TPSA) is 41.6 Å². The van der Waals surface area contributed by atoms with Gasteiger partial charge in [0.25, 0.3) is 0 Å². The molecule has 0 spiro atoms. The van der Waals surface area contributed by atoms with Crippen LogP contribution in [0, 0.1) is 5.92 Å². The van der Waals surface area contributed by atoms with Gasteiger partial charge in [-0.25, -0.2) is 4.79 Å². The van der Waals surface area contributed by atoms with Gasteiger partial charge in [0.15, 0.2) is 0 Å². The van der Waals surface area contributed by atoms with E-state index in [4.69, 9.17) is 4.74 Å². The zero-order valence-corrected chi connectivity index (χ0v) is 10.3. The number of ether oxygens (including phenoxy) is 1. The predicted molar refractivity (Wildman–Crippen MR) is 60.3 cm³/mol. The molecule has 0 aromatic carbocycles. The van der Waals surface area contributed by atoms with E-state index in [-0.39, 0.29) is 24.1 Å². The molecule has 2 heterocycles. The van der Waals surface area contributed by atoms with Gasteiger partial charge in [-0.2, -0.15) is 0 Å². The first-order valence-electron chi connectivity index (χ1n) is 5.17. The summed E-state index contributed by atoms with van der Waals surface area (Å²) in [6.45, 7) is 8.39. The lowest BCUT2D eigenvalue weighted by molar-refractivity contribution is 0.0290. The fourth-order valence-corrected chi connectivity index (χ4v) is 1.93. The molecule has 0 aromatic heterocycles. The zero-order valence-electron chi connectivity index (χ0n) is 9.45. The Hall–Kier alpha value is -0.480. The normalized spacial score (nSPS) is 28.9. The van der Waals surface area contributed by atoms with Gasteiger partial charge in [0.05, 0.1) is 0 Å². The van der Waals surface area contributed by atoms with Crippen molar-refractivity contribution in [2.45, 2.75) is 32.4 Å². The highest BCUT2D eigenvalue weighted by atomic mass is 35.5. The molecule has 2 unspecified atom stereocenters. The van der Waals surface area contributed by atoms with Crippen molar-refractivity contribution in [1.82, 2.24) is 10.2 Å². The van der Waals surface area contributed by atoms with E-state index in [0.717, 1.165) is 19.6 Å². The van der Waals surface area contributed by atoms with Gasteiger partial charge in [0, 0.05) is 31.6 Å². The highest BCUT2D eigenvalue weighted by Gasteiger charge is 2.41. The second-order valence-corrected chi connectivity index (χ2v) is 5.16. The molecule has 2 aliphatic rings. The van der Waals surface area contributed by atoms with E-state index < -0.39 is 0 Å². The Morgan fingerprint density at radius 2 is 2.07 bits per heavy atom. The maximum Gasteiger partial charge on any atom is 0.410 e. The molecule has 5 heteroatoms. The van der Waals surface area contributed by atoms with Crippen molar-refractivity contribution in [1.29, 1.82) is 0 Å². The summed E-state index contributed by atoms with van der Waals surface area (Å²) in [5, 5.41) is 3.31. The fourth-order valence-electron chi connectivity index (χ4n) is 1.93. The van der Waals surface area contributed by atoms with Crippen molar-refractivity contribution in [3.8, 4) is 0 Å². The van der Waals surface area contributed by atoms with Gasteiger partial charge in [-0.1, -0.05) is 0 Å². The van der Waals surface area contributed by atoms with Crippen LogP contribution in [0.1, 0.15) is 20.8 Å². The Kier molecular flexibility index (Phi) is 3.51. The molecule has 0 saturated carbocycles. The van der Waals surface area contributed by atoms with Crippen molar-refractivity contribution >= 4 is 18.5 Å². The van der Waals surface area contributed by atoms with Crippen LogP contribution in [0.3, 0.4) is 0 Å². The molecule has 4 nitrogen and oxygen atoms in total. The fraction of sp³-hybridized carbons (Fsp3) is 0.900. The minimum Gasteiger partial charge on any atom is -0.444 e. The van der Waals surface area contributed by atoms with Crippen molar-refractivity contribution in [2.75, 3.05) is 19.6 Å². The van der Waals surface area contributed by atoms with Crippen LogP contribution in [0.5, 0.6) is 0 Å². The van der Waals surface area contributed by atoms with E-state index in [9.17, 15) is 4.79 Å². The molecule has 0 bridgehead atoms. The second kappa shape index (κ2) is 4.18. The number of carbonyl (C=O) groups excluding carboxylic acids is 1. The van der Waals surface area contributed by atoms with Crippen LogP contribution >= 0.6 is 12.4 Å². The Labute approximate surface area is 96.7 Å². The van der Waals surface area contributed by atoms with E-state index in [0.29, 0.717) is 12.0 Å². The number of amides is 1. The molecule has 1 amide bonds. The van der Waals surface area contributed by atoms with E-state index >= 15 is 0 Å². The number of rotatable bonds is 0. The maximum absolute atomic E-state index is 11.7. The van der Waals surface area contributed by atoms with Crippen LogP contribution in [-0.4, -0.2) is 42.3 Å². The summed E-state index contributed by atoms with van der Waals surface area (Å²) >= 11 is 0. The summed E-state index contributed by atoms with van der Waals surface area (Å²) in [5.41, 5.74) is -0.383. The number of halogens is 1. The molecular formula is C10H19ClN2O2. The predicted octanol–water partition coefficient (Wildman–Crippen LogP) is 1.25. The van der Waals surface area contributed by atoms with Crippen molar-refractivity contribution < 1.29 is 9.53 Å². The smallest absolute Gasteiger partial charge is 0.410 e. The van der Waals surface area contributed by atoms with Crippen molar-refractivity contribution in [3.63, 3.8) is 0 Å². The van der Waals surface area contributed by atoms with Crippen LogP contribution in [-0.2, 0) is 4.74 Å². The Morgan fingerprint density at radius 1 is 1.40 bits per heavy atom. The minimum atomic E-state index is -0.383. The number of fused-ring (bicyclic) bond motifs is 1. The lowest BCUT2D eigenvalue weighted by Crippen LogP contribution is -2.51. The highest BCUT2D eigenvalue weighted by molar-refractivity contribution is 5.85. The average molecular weight is 235 g/mol. The lowest BCUT2D eigenvalue weighted by atomic mass is 9.96. The van der Waals surface area contributed by atoms with Crippen molar-refractivity contribution in [3.05, 3.63) is 0 Å². The SMILES string of the molecule is CC(C)(C)OC(=O)N1CC2CNC2C1.Cl. The first-order valence-corrected chi connectivity index (χ1v) is 5.17. The Morgan fingerprint density at radius 3 is 2.40 bits per heavy atom. The summed E-state index contributed by atoms with van der Waals surface area (Å²) in [6.07, 6.45) is -0.172. The second-order valence-electron chi connectivity index (χ2n) is 5.16. The largest absolute Gasteiger partial charge is 0.444 e. The molecule has 2 saturated heterocycles. The van der Waals surface area contributed by atoms with Gasteiger partial charge in [0.2, 0.25) is 0 Å². The van der Waals surface area contributed by atoms with Crippen LogP contribution in [0.2, 0.25) is 0 Å². The third-order valence-corrected chi connectivity index (χ3v) is 2.73. The molecule has 2 aliphatic heterocycles. The molecule has 0 radical (unpaired) electrons. The maximum atomic E-state index is 11.7. The molecule has 2 atom stereocenters. The Bertz CT molecular complexity index is 240. The quantitative estimate of drug-likeness (QED) is 0.686. The molecular weight excluding hydrogens is 216 g/mol. The third-order valence-electron chi connectivity index (χ3n) is 2.73. The summed E-state index contributed by atoms with van der Waals surface area (Å²) in [6, 6.07) is 0.516. The minimum absolute atomic E-state index is 0. The van der Waals surface area contributed by atoms with Crippen LogP contribution in [0.4, 0.5) is 4.79 Å². The summed E-state index contributed by atoms with van der Waals surface area (Å²) in [5.74, 6) is 0.655. The number of nitrogens with zero attached hydrogens (tertiary/aromatic N) is 1. The van der Waals surface area contributed by atoms with Crippen LogP contribution in [0.25, 0.3) is 0 Å². The number of carbonyl (C=O) groups is 1. The van der Waals surface area contributed by atoms with E-state index in [2.05, 4.69) is 5.32 Å². The first-order chi connectivity index (χ1) is 6.46. The molecule has 2 fully saturated rings. The van der Waals surface area contributed by atoms with Gasteiger partial charge >= 0.3 is 6.09 Å². The monoisotopic (exact) mass is 234 g/mol. The summed E-state index contributed by atoms with van der Waals surface area (Å²) < 4.78 is 5.31. The molecule has 1 N–H and O–H groups in total. The first kappa shape index (κ1) is 12.6. The molecule has 0 aromatic rings. The molecule has 2 rings (SSSR count).